The highest BCUT2D eigenvalue weighted by atomic mass is 16.2. The van der Waals surface area contributed by atoms with Gasteiger partial charge in [-0.2, -0.15) is 0 Å². The summed E-state index contributed by atoms with van der Waals surface area (Å²) in [7, 11) is 1.59. The average molecular weight is 290 g/mol. The lowest BCUT2D eigenvalue weighted by atomic mass is 10.1. The maximum Gasteiger partial charge on any atom is 0.245 e. The first-order valence-electron chi connectivity index (χ1n) is 7.29. The predicted octanol–water partition coefficient (Wildman–Crippen LogP) is 1.49. The summed E-state index contributed by atoms with van der Waals surface area (Å²) in [6.07, 6.45) is 5.52. The normalized spacial score (nSPS) is 14.7. The summed E-state index contributed by atoms with van der Waals surface area (Å²) in [6.45, 7) is 3.59. The zero-order valence-electron chi connectivity index (χ0n) is 12.6. The Morgan fingerprint density at radius 1 is 1.29 bits per heavy atom. The number of carbonyl (C=O) groups excluding carboxylic acids is 2. The van der Waals surface area contributed by atoms with Crippen molar-refractivity contribution >= 4 is 23.3 Å². The lowest BCUT2D eigenvalue weighted by Gasteiger charge is -2.28. The molecule has 1 aromatic rings. The third kappa shape index (κ3) is 4.44. The van der Waals surface area contributed by atoms with Crippen LogP contribution < -0.4 is 10.2 Å². The maximum atomic E-state index is 11.8. The van der Waals surface area contributed by atoms with Crippen LogP contribution in [0.25, 0.3) is 0 Å². The number of piperidine rings is 1. The fourth-order valence-electron chi connectivity index (χ4n) is 2.31. The molecule has 6 heteroatoms. The van der Waals surface area contributed by atoms with Gasteiger partial charge in [-0.05, 0) is 31.4 Å². The van der Waals surface area contributed by atoms with Crippen LogP contribution >= 0.6 is 0 Å². The van der Waals surface area contributed by atoms with Crippen LogP contribution in [0.1, 0.15) is 26.2 Å². The van der Waals surface area contributed by atoms with Crippen LogP contribution in [-0.4, -0.2) is 48.4 Å². The maximum absolute atomic E-state index is 11.8. The minimum atomic E-state index is -0.245. The molecule has 1 aromatic heterocycles. The highest BCUT2D eigenvalue weighted by molar-refractivity contribution is 5.93. The predicted molar refractivity (Wildman–Crippen MR) is 82.2 cm³/mol. The second-order valence-electron chi connectivity index (χ2n) is 5.37. The van der Waals surface area contributed by atoms with E-state index < -0.39 is 0 Å². The Morgan fingerprint density at radius 2 is 2.00 bits per heavy atom. The van der Waals surface area contributed by atoms with Crippen molar-refractivity contribution in [2.45, 2.75) is 26.2 Å². The number of likely N-dealkylation sites (N-methyl/N-ethyl adjacent to an activating group) is 1. The molecule has 0 aliphatic carbocycles. The van der Waals surface area contributed by atoms with Crippen molar-refractivity contribution in [3.63, 3.8) is 0 Å². The van der Waals surface area contributed by atoms with Crippen LogP contribution in [-0.2, 0) is 9.59 Å². The van der Waals surface area contributed by atoms with E-state index in [1.165, 1.54) is 31.1 Å². The van der Waals surface area contributed by atoms with Crippen LogP contribution in [0.4, 0.5) is 11.5 Å². The summed E-state index contributed by atoms with van der Waals surface area (Å²) in [6, 6.07) is 3.78. The Morgan fingerprint density at radius 3 is 2.57 bits per heavy atom. The van der Waals surface area contributed by atoms with Gasteiger partial charge in [-0.1, -0.05) is 0 Å². The van der Waals surface area contributed by atoms with Crippen molar-refractivity contribution in [1.29, 1.82) is 0 Å². The molecule has 21 heavy (non-hydrogen) atoms. The molecule has 1 aliphatic heterocycles. The van der Waals surface area contributed by atoms with Crippen LogP contribution in [0.5, 0.6) is 0 Å². The Labute approximate surface area is 125 Å². The van der Waals surface area contributed by atoms with Crippen molar-refractivity contribution in [3.8, 4) is 0 Å². The van der Waals surface area contributed by atoms with E-state index in [9.17, 15) is 9.59 Å². The Kier molecular flexibility index (Phi) is 5.14. The fourth-order valence-corrected chi connectivity index (χ4v) is 2.31. The van der Waals surface area contributed by atoms with Crippen LogP contribution in [0.3, 0.4) is 0 Å². The van der Waals surface area contributed by atoms with Gasteiger partial charge in [0, 0.05) is 27.1 Å². The number of anilines is 2. The van der Waals surface area contributed by atoms with E-state index in [1.807, 2.05) is 6.07 Å². The van der Waals surface area contributed by atoms with Gasteiger partial charge >= 0.3 is 0 Å². The lowest BCUT2D eigenvalue weighted by Crippen LogP contribution is -2.33. The number of pyridine rings is 1. The molecule has 2 amide bonds. The molecule has 0 spiro atoms. The molecule has 0 bridgehead atoms. The van der Waals surface area contributed by atoms with E-state index in [0.717, 1.165) is 18.8 Å². The van der Waals surface area contributed by atoms with E-state index in [0.29, 0.717) is 5.82 Å². The van der Waals surface area contributed by atoms with Crippen molar-refractivity contribution in [2.24, 2.45) is 0 Å². The molecule has 1 saturated heterocycles. The van der Waals surface area contributed by atoms with Gasteiger partial charge in [-0.15, -0.1) is 0 Å². The molecular formula is C15H22N4O2. The minimum Gasteiger partial charge on any atom is -0.370 e. The highest BCUT2D eigenvalue weighted by Crippen LogP contribution is 2.19. The molecule has 6 nitrogen and oxygen atoms in total. The SMILES string of the molecule is CC(=O)N(C)CC(=O)Nc1ccc(N2CCCCC2)cn1. The van der Waals surface area contributed by atoms with Gasteiger partial charge < -0.3 is 15.1 Å². The standard InChI is InChI=1S/C15H22N4O2/c1-12(20)18(2)11-15(21)17-14-7-6-13(10-16-14)19-8-4-3-5-9-19/h6-7,10H,3-5,8-9,11H2,1-2H3,(H,16,17,21). The molecule has 0 aromatic carbocycles. The zero-order valence-corrected chi connectivity index (χ0v) is 12.6. The van der Waals surface area contributed by atoms with Crippen molar-refractivity contribution in [3.05, 3.63) is 18.3 Å². The molecule has 0 radical (unpaired) electrons. The van der Waals surface area contributed by atoms with Crippen molar-refractivity contribution in [1.82, 2.24) is 9.88 Å². The molecule has 114 valence electrons. The van der Waals surface area contributed by atoms with Gasteiger partial charge in [0.05, 0.1) is 18.4 Å². The van der Waals surface area contributed by atoms with Crippen LogP contribution in [0.2, 0.25) is 0 Å². The summed E-state index contributed by atoms with van der Waals surface area (Å²) >= 11 is 0. The van der Waals surface area contributed by atoms with E-state index in [-0.39, 0.29) is 18.4 Å². The van der Waals surface area contributed by atoms with Gasteiger partial charge in [0.15, 0.2) is 0 Å². The van der Waals surface area contributed by atoms with E-state index in [1.54, 1.807) is 19.3 Å². The first-order valence-corrected chi connectivity index (χ1v) is 7.29. The van der Waals surface area contributed by atoms with Gasteiger partial charge in [0.2, 0.25) is 11.8 Å². The van der Waals surface area contributed by atoms with E-state index in [2.05, 4.69) is 15.2 Å². The Bertz CT molecular complexity index is 495. The molecule has 1 aliphatic rings. The third-order valence-corrected chi connectivity index (χ3v) is 3.65. The van der Waals surface area contributed by atoms with Crippen molar-refractivity contribution < 1.29 is 9.59 Å². The summed E-state index contributed by atoms with van der Waals surface area (Å²) < 4.78 is 0. The highest BCUT2D eigenvalue weighted by Gasteiger charge is 2.12. The minimum absolute atomic E-state index is 0.0326. The van der Waals surface area contributed by atoms with Crippen LogP contribution in [0, 0.1) is 0 Å². The number of nitrogens with one attached hydrogen (secondary N) is 1. The number of amides is 2. The monoisotopic (exact) mass is 290 g/mol. The largest absolute Gasteiger partial charge is 0.370 e. The molecule has 0 unspecified atom stereocenters. The topological polar surface area (TPSA) is 65.5 Å². The number of hydrogen-bond acceptors (Lipinski definition) is 4. The number of aromatic nitrogens is 1. The average Bonchev–Trinajstić information content (AvgIpc) is 2.48. The van der Waals surface area contributed by atoms with Gasteiger partial charge in [-0.3, -0.25) is 9.59 Å². The van der Waals surface area contributed by atoms with E-state index in [4.69, 9.17) is 0 Å². The molecule has 1 N–H and O–H groups in total. The summed E-state index contributed by atoms with van der Waals surface area (Å²) in [4.78, 5) is 30.8. The van der Waals surface area contributed by atoms with Gasteiger partial charge in [0.25, 0.3) is 0 Å². The van der Waals surface area contributed by atoms with Gasteiger partial charge in [0.1, 0.15) is 5.82 Å². The zero-order chi connectivity index (χ0) is 15.2. The Hall–Kier alpha value is -2.11. The molecule has 0 atom stereocenters. The molecule has 1 fully saturated rings. The molecule has 0 saturated carbocycles. The first-order chi connectivity index (χ1) is 10.1. The molecular weight excluding hydrogens is 268 g/mol. The molecule has 2 heterocycles. The summed E-state index contributed by atoms with van der Waals surface area (Å²) in [5.74, 6) is 0.127. The quantitative estimate of drug-likeness (QED) is 0.912. The number of carbonyl (C=O) groups is 2. The Balaban J connectivity index is 1.89. The number of hydrogen-bond donors (Lipinski definition) is 1. The molecule has 2 rings (SSSR count). The third-order valence-electron chi connectivity index (χ3n) is 3.65. The van der Waals surface area contributed by atoms with Crippen molar-refractivity contribution in [2.75, 3.05) is 36.9 Å². The van der Waals surface area contributed by atoms with Gasteiger partial charge in [-0.25, -0.2) is 4.98 Å². The number of nitrogens with zero attached hydrogens (tertiary/aromatic N) is 3. The fraction of sp³-hybridized carbons (Fsp3) is 0.533. The van der Waals surface area contributed by atoms with Crippen LogP contribution in [0.15, 0.2) is 18.3 Å². The summed E-state index contributed by atoms with van der Waals surface area (Å²) in [5.41, 5.74) is 1.09. The van der Waals surface area contributed by atoms with E-state index >= 15 is 0 Å². The lowest BCUT2D eigenvalue weighted by molar-refractivity contribution is -0.131. The smallest absolute Gasteiger partial charge is 0.245 e. The first kappa shape index (κ1) is 15.3. The second kappa shape index (κ2) is 7.06. The second-order valence-corrected chi connectivity index (χ2v) is 5.37. The number of rotatable bonds is 4. The summed E-state index contributed by atoms with van der Waals surface area (Å²) in [5, 5.41) is 2.70.